The van der Waals surface area contributed by atoms with Crippen molar-refractivity contribution in [3.05, 3.63) is 17.0 Å². The third-order valence-electron chi connectivity index (χ3n) is 2.30. The largest absolute Gasteiger partial charge is 0.388 e. The molecule has 1 atom stereocenters. The van der Waals surface area contributed by atoms with Gasteiger partial charge in [0, 0.05) is 11.3 Å². The molecule has 1 heterocycles. The molecule has 0 aromatic carbocycles. The lowest BCUT2D eigenvalue weighted by Gasteiger charge is -2.16. The van der Waals surface area contributed by atoms with E-state index in [0.29, 0.717) is 0 Å². The zero-order valence-electron chi connectivity index (χ0n) is 6.59. The fourth-order valence-electron chi connectivity index (χ4n) is 1.73. The molecule has 0 radical (unpaired) electrons. The van der Waals surface area contributed by atoms with Gasteiger partial charge in [0.25, 0.3) is 0 Å². The maximum absolute atomic E-state index is 9.57. The first-order valence-electron chi connectivity index (χ1n) is 4.01. The summed E-state index contributed by atoms with van der Waals surface area (Å²) in [6.07, 6.45) is 2.67. The second-order valence-corrected chi connectivity index (χ2v) is 3.12. The average molecular weight is 152 g/mol. The van der Waals surface area contributed by atoms with Gasteiger partial charge < -0.3 is 5.11 Å². The van der Waals surface area contributed by atoms with E-state index in [2.05, 4.69) is 10.2 Å². The van der Waals surface area contributed by atoms with E-state index in [9.17, 15) is 5.11 Å². The summed E-state index contributed by atoms with van der Waals surface area (Å²) in [6, 6.07) is 0. The molecule has 0 bridgehead atoms. The van der Waals surface area contributed by atoms with Gasteiger partial charge in [0.2, 0.25) is 0 Å². The van der Waals surface area contributed by atoms with Crippen LogP contribution in [0.5, 0.6) is 0 Å². The Balaban J connectivity index is 2.48. The molecule has 0 saturated carbocycles. The van der Waals surface area contributed by atoms with Gasteiger partial charge in [0.15, 0.2) is 0 Å². The molecule has 1 aromatic heterocycles. The average Bonchev–Trinajstić information content (AvgIpc) is 2.34. The van der Waals surface area contributed by atoms with Crippen LogP contribution in [-0.2, 0) is 6.42 Å². The molecule has 11 heavy (non-hydrogen) atoms. The normalized spacial score (nSPS) is 23.3. The number of H-pyrrole nitrogens is 1. The van der Waals surface area contributed by atoms with Gasteiger partial charge in [0.1, 0.15) is 0 Å². The predicted octanol–water partition coefficient (Wildman–Crippen LogP) is 1.09. The first kappa shape index (κ1) is 6.85. The van der Waals surface area contributed by atoms with Gasteiger partial charge in [-0.1, -0.05) is 0 Å². The Hall–Kier alpha value is -0.830. The van der Waals surface area contributed by atoms with Gasteiger partial charge in [-0.15, -0.1) is 0 Å². The molecule has 2 N–H and O–H groups in total. The SMILES string of the molecule is Cc1[nH]nc2c1C(O)CCC2. The Labute approximate surface area is 65.4 Å². The molecule has 0 aliphatic heterocycles. The number of nitrogens with zero attached hydrogens (tertiary/aromatic N) is 1. The summed E-state index contributed by atoms with van der Waals surface area (Å²) in [5.74, 6) is 0. The van der Waals surface area contributed by atoms with Gasteiger partial charge in [-0.2, -0.15) is 5.10 Å². The summed E-state index contributed by atoms with van der Waals surface area (Å²) in [5.41, 5.74) is 3.12. The molecule has 3 heteroatoms. The van der Waals surface area contributed by atoms with E-state index in [1.807, 2.05) is 6.92 Å². The molecule has 1 aliphatic rings. The van der Waals surface area contributed by atoms with Crippen molar-refractivity contribution in [1.82, 2.24) is 10.2 Å². The molecule has 2 rings (SSSR count). The van der Waals surface area contributed by atoms with Gasteiger partial charge >= 0.3 is 0 Å². The van der Waals surface area contributed by atoms with E-state index in [4.69, 9.17) is 0 Å². The van der Waals surface area contributed by atoms with E-state index < -0.39 is 0 Å². The zero-order chi connectivity index (χ0) is 7.84. The number of aromatic nitrogens is 2. The van der Waals surface area contributed by atoms with E-state index in [1.165, 1.54) is 0 Å². The van der Waals surface area contributed by atoms with Crippen LogP contribution in [0.25, 0.3) is 0 Å². The van der Waals surface area contributed by atoms with Crippen LogP contribution >= 0.6 is 0 Å². The fourth-order valence-corrected chi connectivity index (χ4v) is 1.73. The molecular formula is C8H12N2O. The molecule has 1 unspecified atom stereocenters. The monoisotopic (exact) mass is 152 g/mol. The van der Waals surface area contributed by atoms with Crippen molar-refractivity contribution in [2.24, 2.45) is 0 Å². The van der Waals surface area contributed by atoms with Crippen LogP contribution in [0.3, 0.4) is 0 Å². The minimum atomic E-state index is -0.280. The summed E-state index contributed by atoms with van der Waals surface area (Å²) in [5, 5.41) is 16.6. The van der Waals surface area contributed by atoms with Crippen molar-refractivity contribution in [3.63, 3.8) is 0 Å². The van der Waals surface area contributed by atoms with Crippen molar-refractivity contribution < 1.29 is 5.11 Å². The maximum Gasteiger partial charge on any atom is 0.0826 e. The van der Waals surface area contributed by atoms with E-state index in [-0.39, 0.29) is 6.10 Å². The number of hydrogen-bond donors (Lipinski definition) is 2. The van der Waals surface area contributed by atoms with Gasteiger partial charge in [-0.05, 0) is 26.2 Å². The van der Waals surface area contributed by atoms with Crippen LogP contribution in [0.4, 0.5) is 0 Å². The maximum atomic E-state index is 9.57. The Morgan fingerprint density at radius 2 is 2.45 bits per heavy atom. The number of rotatable bonds is 0. The first-order valence-corrected chi connectivity index (χ1v) is 4.01. The zero-order valence-corrected chi connectivity index (χ0v) is 6.59. The number of aromatic amines is 1. The van der Waals surface area contributed by atoms with Crippen LogP contribution in [0.15, 0.2) is 0 Å². The Morgan fingerprint density at radius 1 is 1.64 bits per heavy atom. The summed E-state index contributed by atoms with van der Waals surface area (Å²) in [6.45, 7) is 1.96. The van der Waals surface area contributed by atoms with Crippen molar-refractivity contribution >= 4 is 0 Å². The second kappa shape index (κ2) is 2.34. The van der Waals surface area contributed by atoms with Crippen LogP contribution in [-0.4, -0.2) is 15.3 Å². The Bertz CT molecular complexity index is 267. The molecule has 0 amide bonds. The number of fused-ring (bicyclic) bond motifs is 1. The highest BCUT2D eigenvalue weighted by atomic mass is 16.3. The fraction of sp³-hybridized carbons (Fsp3) is 0.625. The highest BCUT2D eigenvalue weighted by molar-refractivity contribution is 5.28. The van der Waals surface area contributed by atoms with Crippen molar-refractivity contribution in [3.8, 4) is 0 Å². The molecule has 0 spiro atoms. The highest BCUT2D eigenvalue weighted by Gasteiger charge is 2.22. The minimum absolute atomic E-state index is 0.280. The minimum Gasteiger partial charge on any atom is -0.388 e. The number of aryl methyl sites for hydroxylation is 2. The van der Waals surface area contributed by atoms with Gasteiger partial charge in [0.05, 0.1) is 11.8 Å². The molecule has 0 fully saturated rings. The smallest absolute Gasteiger partial charge is 0.0826 e. The quantitative estimate of drug-likeness (QED) is 0.584. The van der Waals surface area contributed by atoms with E-state index in [1.54, 1.807) is 0 Å². The summed E-state index contributed by atoms with van der Waals surface area (Å²) < 4.78 is 0. The summed E-state index contributed by atoms with van der Waals surface area (Å²) in [7, 11) is 0. The Morgan fingerprint density at radius 3 is 3.18 bits per heavy atom. The van der Waals surface area contributed by atoms with E-state index >= 15 is 0 Å². The predicted molar refractivity (Wildman–Crippen MR) is 41.2 cm³/mol. The standard InChI is InChI=1S/C8H12N2O/c1-5-8-6(10-9-5)3-2-4-7(8)11/h7,11H,2-4H2,1H3,(H,9,10). The topological polar surface area (TPSA) is 48.9 Å². The second-order valence-electron chi connectivity index (χ2n) is 3.12. The molecule has 1 aliphatic carbocycles. The van der Waals surface area contributed by atoms with Gasteiger partial charge in [-0.3, -0.25) is 5.10 Å². The lowest BCUT2D eigenvalue weighted by atomic mass is 9.94. The number of nitrogens with one attached hydrogen (secondary N) is 1. The first-order chi connectivity index (χ1) is 5.29. The number of hydrogen-bond acceptors (Lipinski definition) is 2. The van der Waals surface area contributed by atoms with Crippen LogP contribution in [0.2, 0.25) is 0 Å². The van der Waals surface area contributed by atoms with Gasteiger partial charge in [-0.25, -0.2) is 0 Å². The molecule has 3 nitrogen and oxygen atoms in total. The van der Waals surface area contributed by atoms with Crippen molar-refractivity contribution in [1.29, 1.82) is 0 Å². The summed E-state index contributed by atoms with van der Waals surface area (Å²) >= 11 is 0. The van der Waals surface area contributed by atoms with Crippen LogP contribution in [0, 0.1) is 6.92 Å². The third kappa shape index (κ3) is 0.959. The third-order valence-corrected chi connectivity index (χ3v) is 2.30. The Kier molecular flexibility index (Phi) is 1.46. The highest BCUT2D eigenvalue weighted by Crippen LogP contribution is 2.29. The molecule has 1 aromatic rings. The number of aliphatic hydroxyl groups excluding tert-OH is 1. The van der Waals surface area contributed by atoms with Crippen molar-refractivity contribution in [2.45, 2.75) is 32.3 Å². The molecule has 60 valence electrons. The lowest BCUT2D eigenvalue weighted by Crippen LogP contribution is -2.08. The lowest BCUT2D eigenvalue weighted by molar-refractivity contribution is 0.156. The number of aliphatic hydroxyl groups is 1. The molecule has 0 saturated heterocycles. The molecular weight excluding hydrogens is 140 g/mol. The van der Waals surface area contributed by atoms with Crippen LogP contribution < -0.4 is 0 Å². The van der Waals surface area contributed by atoms with Crippen molar-refractivity contribution in [2.75, 3.05) is 0 Å². The van der Waals surface area contributed by atoms with E-state index in [0.717, 1.165) is 36.2 Å². The summed E-state index contributed by atoms with van der Waals surface area (Å²) in [4.78, 5) is 0. The van der Waals surface area contributed by atoms with Crippen LogP contribution in [0.1, 0.15) is 35.9 Å².